The van der Waals surface area contributed by atoms with Gasteiger partial charge in [0.25, 0.3) is 0 Å². The van der Waals surface area contributed by atoms with Gasteiger partial charge in [0.1, 0.15) is 5.76 Å². The second-order valence-electron chi connectivity index (χ2n) is 5.30. The molecule has 7 nitrogen and oxygen atoms in total. The van der Waals surface area contributed by atoms with Crippen molar-refractivity contribution in [1.82, 2.24) is 15.5 Å². The molecule has 2 aromatic heterocycles. The van der Waals surface area contributed by atoms with E-state index in [4.69, 9.17) is 4.42 Å². The Bertz CT molecular complexity index is 671. The lowest BCUT2D eigenvalue weighted by Crippen LogP contribution is -2.26. The van der Waals surface area contributed by atoms with E-state index in [0.29, 0.717) is 17.5 Å². The first-order valence-electron chi connectivity index (χ1n) is 7.39. The molecule has 2 rings (SSSR count). The molecule has 0 unspecified atom stereocenters. The number of carbonyl (C=O) groups excluding carboxylic acids is 2. The van der Waals surface area contributed by atoms with Crippen molar-refractivity contribution in [2.24, 2.45) is 0 Å². The number of nitrogens with one attached hydrogen (secondary N) is 3. The minimum absolute atomic E-state index is 0.171. The molecule has 0 bridgehead atoms. The fourth-order valence-electron chi connectivity index (χ4n) is 1.80. The molecule has 2 amide bonds. The van der Waals surface area contributed by atoms with Crippen molar-refractivity contribution in [2.45, 2.75) is 26.2 Å². The third kappa shape index (κ3) is 5.46. The summed E-state index contributed by atoms with van der Waals surface area (Å²) in [6.45, 7) is 4.31. The van der Waals surface area contributed by atoms with Crippen LogP contribution in [0.1, 0.15) is 37.6 Å². The van der Waals surface area contributed by atoms with Crippen molar-refractivity contribution < 1.29 is 14.0 Å². The number of furan rings is 1. The van der Waals surface area contributed by atoms with E-state index in [1.165, 1.54) is 12.3 Å². The molecule has 0 aliphatic rings. The minimum atomic E-state index is -0.281. The molecule has 0 radical (unpaired) electrons. The van der Waals surface area contributed by atoms with E-state index in [0.717, 1.165) is 5.69 Å². The average Bonchev–Trinajstić information content (AvgIpc) is 3.16. The molecule has 0 aromatic carbocycles. The summed E-state index contributed by atoms with van der Waals surface area (Å²) in [5.74, 6) is 0.909. The molecule has 7 heteroatoms. The highest BCUT2D eigenvalue weighted by molar-refractivity contribution is 5.93. The quantitative estimate of drug-likeness (QED) is 0.682. The van der Waals surface area contributed by atoms with E-state index < -0.39 is 0 Å². The summed E-state index contributed by atoms with van der Waals surface area (Å²) in [6, 6.07) is 5.28. The number of carbonyl (C=O) groups is 2. The lowest BCUT2D eigenvalue weighted by atomic mass is 10.1. The fraction of sp³-hybridized carbons (Fsp3) is 0.312. The Labute approximate surface area is 134 Å². The monoisotopic (exact) mass is 316 g/mol. The van der Waals surface area contributed by atoms with Crippen molar-refractivity contribution in [1.29, 1.82) is 0 Å². The number of anilines is 1. The summed E-state index contributed by atoms with van der Waals surface area (Å²) in [4.78, 5) is 23.3. The van der Waals surface area contributed by atoms with Crippen molar-refractivity contribution in [3.63, 3.8) is 0 Å². The molecule has 0 saturated heterocycles. The van der Waals surface area contributed by atoms with Crippen molar-refractivity contribution in [3.05, 3.63) is 42.0 Å². The summed E-state index contributed by atoms with van der Waals surface area (Å²) >= 11 is 0. The SMILES string of the molecule is CC(C)c1cc(NC(=O)CCNC(=O)/C=C/c2ccco2)n[nH]1. The first kappa shape index (κ1) is 16.5. The lowest BCUT2D eigenvalue weighted by molar-refractivity contribution is -0.117. The molecule has 2 aromatic rings. The van der Waals surface area contributed by atoms with Crippen LogP contribution < -0.4 is 10.6 Å². The molecular formula is C16H20N4O3. The van der Waals surface area contributed by atoms with Crippen LogP contribution in [0.5, 0.6) is 0 Å². The normalized spacial score (nSPS) is 11.1. The zero-order valence-electron chi connectivity index (χ0n) is 13.1. The topological polar surface area (TPSA) is 100 Å². The predicted octanol–water partition coefficient (Wildman–Crippen LogP) is 2.28. The number of nitrogens with zero attached hydrogens (tertiary/aromatic N) is 1. The van der Waals surface area contributed by atoms with E-state index in [1.807, 2.05) is 13.8 Å². The van der Waals surface area contributed by atoms with Crippen LogP contribution in [-0.2, 0) is 9.59 Å². The Morgan fingerprint density at radius 1 is 1.43 bits per heavy atom. The molecule has 2 heterocycles. The Hall–Kier alpha value is -2.83. The van der Waals surface area contributed by atoms with Crippen molar-refractivity contribution in [2.75, 3.05) is 11.9 Å². The van der Waals surface area contributed by atoms with Gasteiger partial charge in [0.15, 0.2) is 5.82 Å². The van der Waals surface area contributed by atoms with Crippen LogP contribution in [0.2, 0.25) is 0 Å². The molecule has 0 fully saturated rings. The first-order chi connectivity index (χ1) is 11.0. The Morgan fingerprint density at radius 3 is 2.91 bits per heavy atom. The second kappa shape index (κ2) is 7.98. The van der Waals surface area contributed by atoms with Gasteiger partial charge < -0.3 is 15.1 Å². The maximum atomic E-state index is 11.8. The highest BCUT2D eigenvalue weighted by Crippen LogP contribution is 2.14. The van der Waals surface area contributed by atoms with E-state index in [-0.39, 0.29) is 24.8 Å². The number of aromatic amines is 1. The smallest absolute Gasteiger partial charge is 0.244 e. The van der Waals surface area contributed by atoms with Crippen LogP contribution in [0.25, 0.3) is 6.08 Å². The number of amides is 2. The molecule has 23 heavy (non-hydrogen) atoms. The summed E-state index contributed by atoms with van der Waals surface area (Å²) in [7, 11) is 0. The summed E-state index contributed by atoms with van der Waals surface area (Å²) in [5.41, 5.74) is 0.955. The second-order valence-corrected chi connectivity index (χ2v) is 5.30. The van der Waals surface area contributed by atoms with Crippen molar-refractivity contribution >= 4 is 23.7 Å². The lowest BCUT2D eigenvalue weighted by Gasteiger charge is -2.02. The third-order valence-electron chi connectivity index (χ3n) is 3.08. The first-order valence-corrected chi connectivity index (χ1v) is 7.39. The van der Waals surface area contributed by atoms with Crippen LogP contribution in [0.4, 0.5) is 5.82 Å². The van der Waals surface area contributed by atoms with Gasteiger partial charge in [-0.2, -0.15) is 5.10 Å². The van der Waals surface area contributed by atoms with Crippen LogP contribution in [-0.4, -0.2) is 28.6 Å². The Balaban J connectivity index is 1.68. The van der Waals surface area contributed by atoms with Gasteiger partial charge in [-0.25, -0.2) is 0 Å². The summed E-state index contributed by atoms with van der Waals surface area (Å²) in [5, 5.41) is 12.2. The zero-order valence-corrected chi connectivity index (χ0v) is 13.1. The molecule has 0 aliphatic carbocycles. The van der Waals surface area contributed by atoms with Gasteiger partial charge in [-0.15, -0.1) is 0 Å². The van der Waals surface area contributed by atoms with Crippen LogP contribution >= 0.6 is 0 Å². The van der Waals surface area contributed by atoms with Crippen LogP contribution in [0.15, 0.2) is 35.0 Å². The zero-order chi connectivity index (χ0) is 16.7. The number of hydrogen-bond donors (Lipinski definition) is 3. The minimum Gasteiger partial charge on any atom is -0.465 e. The number of aromatic nitrogens is 2. The van der Waals surface area contributed by atoms with Gasteiger partial charge in [-0.3, -0.25) is 14.7 Å². The molecular weight excluding hydrogens is 296 g/mol. The predicted molar refractivity (Wildman–Crippen MR) is 86.7 cm³/mol. The number of hydrogen-bond acceptors (Lipinski definition) is 4. The number of rotatable bonds is 7. The maximum Gasteiger partial charge on any atom is 0.244 e. The largest absolute Gasteiger partial charge is 0.465 e. The summed E-state index contributed by atoms with van der Waals surface area (Å²) < 4.78 is 5.07. The highest BCUT2D eigenvalue weighted by Gasteiger charge is 2.08. The molecule has 3 N–H and O–H groups in total. The molecule has 0 aliphatic heterocycles. The van der Waals surface area contributed by atoms with E-state index in [2.05, 4.69) is 20.8 Å². The van der Waals surface area contributed by atoms with Crippen molar-refractivity contribution in [3.8, 4) is 0 Å². The van der Waals surface area contributed by atoms with Gasteiger partial charge in [-0.05, 0) is 24.1 Å². The third-order valence-corrected chi connectivity index (χ3v) is 3.08. The molecule has 0 saturated carbocycles. The van der Waals surface area contributed by atoms with E-state index in [9.17, 15) is 9.59 Å². The number of H-pyrrole nitrogens is 1. The van der Waals surface area contributed by atoms with Gasteiger partial charge in [0, 0.05) is 30.8 Å². The molecule has 0 atom stereocenters. The van der Waals surface area contributed by atoms with Gasteiger partial charge in [0.2, 0.25) is 11.8 Å². The van der Waals surface area contributed by atoms with Crippen LogP contribution in [0, 0.1) is 0 Å². The summed E-state index contributed by atoms with van der Waals surface area (Å²) in [6.07, 6.45) is 4.62. The standard InChI is InChI=1S/C16H20N4O3/c1-11(2)13-10-14(20-19-13)18-16(22)7-8-17-15(21)6-5-12-4-3-9-23-12/h3-6,9-11H,7-8H2,1-2H3,(H,17,21)(H2,18,19,20,22)/b6-5+. The average molecular weight is 316 g/mol. The fourth-order valence-corrected chi connectivity index (χ4v) is 1.80. The Morgan fingerprint density at radius 2 is 2.26 bits per heavy atom. The van der Waals surface area contributed by atoms with Gasteiger partial charge in [-0.1, -0.05) is 13.8 Å². The van der Waals surface area contributed by atoms with Gasteiger partial charge >= 0.3 is 0 Å². The van der Waals surface area contributed by atoms with E-state index in [1.54, 1.807) is 24.3 Å². The van der Waals surface area contributed by atoms with E-state index >= 15 is 0 Å². The highest BCUT2D eigenvalue weighted by atomic mass is 16.3. The maximum absolute atomic E-state index is 11.8. The Kier molecular flexibility index (Phi) is 5.74. The molecule has 0 spiro atoms. The van der Waals surface area contributed by atoms with Gasteiger partial charge in [0.05, 0.1) is 6.26 Å². The van der Waals surface area contributed by atoms with Crippen LogP contribution in [0.3, 0.4) is 0 Å². The molecule has 122 valence electrons.